The van der Waals surface area contributed by atoms with Crippen LogP contribution < -0.4 is 5.73 Å². The van der Waals surface area contributed by atoms with Gasteiger partial charge in [-0.1, -0.05) is 0 Å². The Morgan fingerprint density at radius 2 is 2.20 bits per heavy atom. The zero-order chi connectivity index (χ0) is 10.9. The van der Waals surface area contributed by atoms with Gasteiger partial charge >= 0.3 is 0 Å². The highest BCUT2D eigenvalue weighted by atomic mass is 16.5. The first-order valence-corrected chi connectivity index (χ1v) is 5.36. The van der Waals surface area contributed by atoms with Gasteiger partial charge in [0.05, 0.1) is 0 Å². The molecule has 0 amide bonds. The summed E-state index contributed by atoms with van der Waals surface area (Å²) >= 11 is 0. The lowest BCUT2D eigenvalue weighted by Gasteiger charge is -2.32. The van der Waals surface area contributed by atoms with Crippen LogP contribution in [0.2, 0.25) is 0 Å². The summed E-state index contributed by atoms with van der Waals surface area (Å²) in [6.07, 6.45) is 3.25. The van der Waals surface area contributed by atoms with Gasteiger partial charge < -0.3 is 10.5 Å². The van der Waals surface area contributed by atoms with E-state index in [-0.39, 0.29) is 5.60 Å². The van der Waals surface area contributed by atoms with Crippen molar-refractivity contribution < 1.29 is 4.74 Å². The minimum absolute atomic E-state index is 0.349. The van der Waals surface area contributed by atoms with Crippen molar-refractivity contribution >= 4 is 5.82 Å². The zero-order valence-electron chi connectivity index (χ0n) is 9.29. The third kappa shape index (κ3) is 2.09. The molecule has 1 unspecified atom stereocenters. The van der Waals surface area contributed by atoms with Crippen LogP contribution >= 0.6 is 0 Å². The molecule has 2 rings (SSSR count). The maximum atomic E-state index is 5.78. The normalized spacial score (nSPS) is 26.5. The number of nitrogens with zero attached hydrogens (tertiary/aromatic N) is 2. The van der Waals surface area contributed by atoms with Crippen LogP contribution in [0.3, 0.4) is 0 Å². The van der Waals surface area contributed by atoms with Crippen molar-refractivity contribution in [3.8, 4) is 0 Å². The molecule has 1 aromatic rings. The number of ether oxygens (including phenoxy) is 1. The summed E-state index contributed by atoms with van der Waals surface area (Å²) in [4.78, 5) is 8.68. The molecule has 0 bridgehead atoms. The number of hydrogen-bond acceptors (Lipinski definition) is 4. The molecule has 0 saturated carbocycles. The molecule has 4 heteroatoms. The van der Waals surface area contributed by atoms with Crippen LogP contribution in [0.1, 0.15) is 37.7 Å². The molecule has 4 nitrogen and oxygen atoms in total. The number of aromatic nitrogens is 2. The SMILES string of the molecule is Cc1cc(N)nc(C2(C)CCCCO2)n1. The van der Waals surface area contributed by atoms with Crippen molar-refractivity contribution in [3.63, 3.8) is 0 Å². The lowest BCUT2D eigenvalue weighted by molar-refractivity contribution is -0.0760. The van der Waals surface area contributed by atoms with Gasteiger partial charge in [-0.15, -0.1) is 0 Å². The Hall–Kier alpha value is -1.16. The van der Waals surface area contributed by atoms with E-state index in [1.807, 2.05) is 13.8 Å². The summed E-state index contributed by atoms with van der Waals surface area (Å²) in [5.74, 6) is 1.24. The van der Waals surface area contributed by atoms with Crippen molar-refractivity contribution in [1.29, 1.82) is 0 Å². The third-order valence-corrected chi connectivity index (χ3v) is 2.82. The number of nitrogens with two attached hydrogens (primary N) is 1. The van der Waals surface area contributed by atoms with Crippen molar-refractivity contribution in [2.75, 3.05) is 12.3 Å². The molecule has 2 N–H and O–H groups in total. The molecular weight excluding hydrogens is 190 g/mol. The van der Waals surface area contributed by atoms with Gasteiger partial charge in [0, 0.05) is 18.4 Å². The van der Waals surface area contributed by atoms with Gasteiger partial charge in [-0.3, -0.25) is 0 Å². The average Bonchev–Trinajstić information content (AvgIpc) is 2.17. The van der Waals surface area contributed by atoms with E-state index in [4.69, 9.17) is 10.5 Å². The van der Waals surface area contributed by atoms with Gasteiger partial charge in [0.2, 0.25) is 0 Å². The highest BCUT2D eigenvalue weighted by Crippen LogP contribution is 2.32. The summed E-state index contributed by atoms with van der Waals surface area (Å²) in [5.41, 5.74) is 6.27. The predicted octanol–water partition coefficient (Wildman–Crippen LogP) is 1.78. The van der Waals surface area contributed by atoms with Gasteiger partial charge in [-0.25, -0.2) is 9.97 Å². The second-order valence-corrected chi connectivity index (χ2v) is 4.29. The Balaban J connectivity index is 2.34. The molecule has 2 heterocycles. The number of hydrogen-bond donors (Lipinski definition) is 1. The van der Waals surface area contributed by atoms with Gasteiger partial charge in [0.15, 0.2) is 5.82 Å². The minimum Gasteiger partial charge on any atom is -0.384 e. The number of nitrogen functional groups attached to an aromatic ring is 1. The van der Waals surface area contributed by atoms with E-state index in [2.05, 4.69) is 9.97 Å². The van der Waals surface area contributed by atoms with E-state index in [0.717, 1.165) is 37.4 Å². The summed E-state index contributed by atoms with van der Waals surface area (Å²) in [6, 6.07) is 1.77. The number of anilines is 1. The lowest BCUT2D eigenvalue weighted by Crippen LogP contribution is -2.32. The Kier molecular flexibility index (Phi) is 2.61. The molecule has 15 heavy (non-hydrogen) atoms. The smallest absolute Gasteiger partial charge is 0.162 e. The summed E-state index contributed by atoms with van der Waals surface area (Å²) in [5, 5.41) is 0. The van der Waals surface area contributed by atoms with Crippen LogP contribution in [-0.4, -0.2) is 16.6 Å². The minimum atomic E-state index is -0.349. The Morgan fingerprint density at radius 1 is 1.40 bits per heavy atom. The topological polar surface area (TPSA) is 61.0 Å². The fourth-order valence-electron chi connectivity index (χ4n) is 1.94. The molecule has 1 aromatic heterocycles. The molecule has 0 aromatic carbocycles. The molecule has 0 spiro atoms. The first kappa shape index (κ1) is 10.4. The Labute approximate surface area is 89.9 Å². The largest absolute Gasteiger partial charge is 0.384 e. The van der Waals surface area contributed by atoms with E-state index < -0.39 is 0 Å². The number of aryl methyl sites for hydroxylation is 1. The molecular formula is C11H17N3O. The standard InChI is InChI=1S/C11H17N3O/c1-8-7-9(12)14-10(13-8)11(2)5-3-4-6-15-11/h7H,3-6H2,1-2H3,(H2,12,13,14). The Bertz CT molecular complexity index is 339. The van der Waals surface area contributed by atoms with E-state index >= 15 is 0 Å². The van der Waals surface area contributed by atoms with Crippen molar-refractivity contribution in [2.24, 2.45) is 0 Å². The van der Waals surface area contributed by atoms with Crippen LogP contribution in [0.4, 0.5) is 5.82 Å². The quantitative estimate of drug-likeness (QED) is 0.762. The van der Waals surface area contributed by atoms with E-state index in [1.54, 1.807) is 6.07 Å². The second-order valence-electron chi connectivity index (χ2n) is 4.29. The molecule has 1 atom stereocenters. The molecule has 0 aliphatic carbocycles. The molecule has 1 aliphatic heterocycles. The van der Waals surface area contributed by atoms with Gasteiger partial charge in [-0.2, -0.15) is 0 Å². The van der Waals surface area contributed by atoms with Crippen molar-refractivity contribution in [2.45, 2.75) is 38.7 Å². The first-order valence-electron chi connectivity index (χ1n) is 5.36. The van der Waals surface area contributed by atoms with Crippen LogP contribution in [0.15, 0.2) is 6.07 Å². The summed E-state index contributed by atoms with van der Waals surface area (Å²) in [6.45, 7) is 4.75. The average molecular weight is 207 g/mol. The number of rotatable bonds is 1. The van der Waals surface area contributed by atoms with E-state index in [0.29, 0.717) is 5.82 Å². The fourth-order valence-corrected chi connectivity index (χ4v) is 1.94. The van der Waals surface area contributed by atoms with Gasteiger partial charge in [-0.05, 0) is 33.1 Å². The maximum Gasteiger partial charge on any atom is 0.162 e. The highest BCUT2D eigenvalue weighted by Gasteiger charge is 2.33. The molecule has 0 radical (unpaired) electrons. The van der Waals surface area contributed by atoms with Crippen LogP contribution in [0, 0.1) is 6.92 Å². The second kappa shape index (κ2) is 3.77. The molecule has 1 aliphatic rings. The monoisotopic (exact) mass is 207 g/mol. The highest BCUT2D eigenvalue weighted by molar-refractivity contribution is 5.30. The summed E-state index contributed by atoms with van der Waals surface area (Å²) in [7, 11) is 0. The predicted molar refractivity (Wildman–Crippen MR) is 58.3 cm³/mol. The lowest BCUT2D eigenvalue weighted by atomic mass is 9.95. The van der Waals surface area contributed by atoms with Crippen LogP contribution in [0.5, 0.6) is 0 Å². The Morgan fingerprint density at radius 3 is 2.80 bits per heavy atom. The van der Waals surface area contributed by atoms with Crippen molar-refractivity contribution in [1.82, 2.24) is 9.97 Å². The summed E-state index contributed by atoms with van der Waals surface area (Å²) < 4.78 is 5.78. The molecule has 1 saturated heterocycles. The third-order valence-electron chi connectivity index (χ3n) is 2.82. The van der Waals surface area contributed by atoms with Gasteiger partial charge in [0.1, 0.15) is 11.4 Å². The molecule has 82 valence electrons. The zero-order valence-corrected chi connectivity index (χ0v) is 9.29. The van der Waals surface area contributed by atoms with E-state index in [9.17, 15) is 0 Å². The van der Waals surface area contributed by atoms with Crippen LogP contribution in [0.25, 0.3) is 0 Å². The molecule has 1 fully saturated rings. The van der Waals surface area contributed by atoms with E-state index in [1.165, 1.54) is 0 Å². The van der Waals surface area contributed by atoms with Crippen LogP contribution in [-0.2, 0) is 10.3 Å². The first-order chi connectivity index (χ1) is 7.10. The maximum absolute atomic E-state index is 5.78. The van der Waals surface area contributed by atoms with Crippen molar-refractivity contribution in [3.05, 3.63) is 17.6 Å². The fraction of sp³-hybridized carbons (Fsp3) is 0.636. The van der Waals surface area contributed by atoms with Gasteiger partial charge in [0.25, 0.3) is 0 Å².